The third-order valence-corrected chi connectivity index (χ3v) is 4.83. The highest BCUT2D eigenvalue weighted by atomic mass is 79.9. The van der Waals surface area contributed by atoms with E-state index in [0.717, 1.165) is 34.3 Å². The fourth-order valence-electron chi connectivity index (χ4n) is 2.66. The summed E-state index contributed by atoms with van der Waals surface area (Å²) >= 11 is 7.01. The molecule has 1 fully saturated rings. The molecule has 5 heteroatoms. The molecule has 18 heavy (non-hydrogen) atoms. The normalized spacial score (nSPS) is 25.3. The van der Waals surface area contributed by atoms with Crippen LogP contribution in [0.2, 0.25) is 0 Å². The van der Waals surface area contributed by atoms with Gasteiger partial charge in [0.15, 0.2) is 0 Å². The second-order valence-electron chi connectivity index (χ2n) is 4.98. The van der Waals surface area contributed by atoms with Crippen LogP contribution in [0.15, 0.2) is 21.2 Å². The van der Waals surface area contributed by atoms with Gasteiger partial charge in [-0.1, -0.05) is 6.92 Å². The highest BCUT2D eigenvalue weighted by molar-refractivity contribution is 9.11. The van der Waals surface area contributed by atoms with Crippen molar-refractivity contribution in [3.63, 3.8) is 0 Å². The maximum atomic E-state index is 5.92. The zero-order valence-electron chi connectivity index (χ0n) is 10.6. The Kier molecular flexibility index (Phi) is 5.18. The maximum absolute atomic E-state index is 5.92. The van der Waals surface area contributed by atoms with Gasteiger partial charge in [-0.05, 0) is 63.2 Å². The monoisotopic (exact) mass is 375 g/mol. The molecule has 2 N–H and O–H groups in total. The molecule has 0 aliphatic carbocycles. The molecule has 1 aromatic rings. The molecule has 1 saturated heterocycles. The number of rotatable bonds is 3. The van der Waals surface area contributed by atoms with Gasteiger partial charge in [-0.15, -0.1) is 0 Å². The van der Waals surface area contributed by atoms with Gasteiger partial charge in [-0.25, -0.2) is 0 Å². The van der Waals surface area contributed by atoms with E-state index in [0.29, 0.717) is 12.0 Å². The van der Waals surface area contributed by atoms with E-state index in [4.69, 9.17) is 5.73 Å². The molecule has 0 saturated carbocycles. The van der Waals surface area contributed by atoms with Crippen molar-refractivity contribution in [1.82, 2.24) is 9.88 Å². The summed E-state index contributed by atoms with van der Waals surface area (Å²) in [5, 5.41) is 0. The largest absolute Gasteiger partial charge is 0.329 e. The van der Waals surface area contributed by atoms with Crippen LogP contribution in [0.3, 0.4) is 0 Å². The smallest absolute Gasteiger partial charge is 0.0686 e. The number of nitrogens with zero attached hydrogens (tertiary/aromatic N) is 2. The van der Waals surface area contributed by atoms with E-state index in [1.165, 1.54) is 12.8 Å². The number of halogens is 2. The minimum Gasteiger partial charge on any atom is -0.329 e. The SMILES string of the molecule is CC1CCCN(Cc2ncc(Br)cc2Br)C1CN. The van der Waals surface area contributed by atoms with Crippen molar-refractivity contribution in [2.24, 2.45) is 11.7 Å². The van der Waals surface area contributed by atoms with Crippen molar-refractivity contribution in [3.05, 3.63) is 26.9 Å². The van der Waals surface area contributed by atoms with E-state index in [1.54, 1.807) is 0 Å². The van der Waals surface area contributed by atoms with Crippen molar-refractivity contribution < 1.29 is 0 Å². The molecule has 0 amide bonds. The van der Waals surface area contributed by atoms with Gasteiger partial charge in [0, 0.05) is 34.3 Å². The maximum Gasteiger partial charge on any atom is 0.0686 e. The molecular formula is C13H19Br2N3. The van der Waals surface area contributed by atoms with Gasteiger partial charge in [-0.3, -0.25) is 9.88 Å². The van der Waals surface area contributed by atoms with Crippen LogP contribution in [0.5, 0.6) is 0 Å². The average Bonchev–Trinajstić information content (AvgIpc) is 2.33. The molecule has 0 radical (unpaired) electrons. The average molecular weight is 377 g/mol. The summed E-state index contributed by atoms with van der Waals surface area (Å²) in [5.41, 5.74) is 7.01. The van der Waals surface area contributed by atoms with E-state index >= 15 is 0 Å². The van der Waals surface area contributed by atoms with Crippen molar-refractivity contribution in [2.75, 3.05) is 13.1 Å². The highest BCUT2D eigenvalue weighted by Crippen LogP contribution is 2.26. The number of hydrogen-bond donors (Lipinski definition) is 1. The first-order chi connectivity index (χ1) is 8.61. The second-order valence-corrected chi connectivity index (χ2v) is 6.75. The lowest BCUT2D eigenvalue weighted by Gasteiger charge is -2.39. The van der Waals surface area contributed by atoms with E-state index in [-0.39, 0.29) is 0 Å². The molecule has 2 rings (SSSR count). The quantitative estimate of drug-likeness (QED) is 0.880. The Morgan fingerprint density at radius 1 is 1.50 bits per heavy atom. The number of aromatic nitrogens is 1. The van der Waals surface area contributed by atoms with Crippen LogP contribution in [0.25, 0.3) is 0 Å². The molecule has 100 valence electrons. The van der Waals surface area contributed by atoms with Gasteiger partial charge >= 0.3 is 0 Å². The fraction of sp³-hybridized carbons (Fsp3) is 0.615. The molecule has 1 aromatic heterocycles. The first kappa shape index (κ1) is 14.4. The van der Waals surface area contributed by atoms with E-state index in [2.05, 4.69) is 48.7 Å². The van der Waals surface area contributed by atoms with Gasteiger partial charge in [0.05, 0.1) is 5.69 Å². The molecule has 0 spiro atoms. The molecule has 2 unspecified atom stereocenters. The third kappa shape index (κ3) is 3.32. The molecule has 2 atom stereocenters. The molecule has 1 aliphatic heterocycles. The Morgan fingerprint density at radius 3 is 2.94 bits per heavy atom. The van der Waals surface area contributed by atoms with Gasteiger partial charge in [0.25, 0.3) is 0 Å². The molecular weight excluding hydrogens is 358 g/mol. The lowest BCUT2D eigenvalue weighted by molar-refractivity contribution is 0.0975. The van der Waals surface area contributed by atoms with Gasteiger partial charge in [-0.2, -0.15) is 0 Å². The number of piperidine rings is 1. The van der Waals surface area contributed by atoms with Crippen LogP contribution in [-0.4, -0.2) is 29.0 Å². The van der Waals surface area contributed by atoms with Crippen LogP contribution in [0, 0.1) is 5.92 Å². The van der Waals surface area contributed by atoms with E-state index < -0.39 is 0 Å². The number of likely N-dealkylation sites (tertiary alicyclic amines) is 1. The highest BCUT2D eigenvalue weighted by Gasteiger charge is 2.27. The topological polar surface area (TPSA) is 42.2 Å². The summed E-state index contributed by atoms with van der Waals surface area (Å²) in [4.78, 5) is 6.96. The van der Waals surface area contributed by atoms with E-state index in [1.807, 2.05) is 12.3 Å². The number of pyridine rings is 1. The van der Waals surface area contributed by atoms with Crippen molar-refractivity contribution in [1.29, 1.82) is 0 Å². The van der Waals surface area contributed by atoms with Crippen LogP contribution in [-0.2, 0) is 6.54 Å². The summed E-state index contributed by atoms with van der Waals surface area (Å²) in [6, 6.07) is 2.53. The predicted molar refractivity (Wildman–Crippen MR) is 81.3 cm³/mol. The minimum absolute atomic E-state index is 0.482. The van der Waals surface area contributed by atoms with Gasteiger partial charge < -0.3 is 5.73 Å². The van der Waals surface area contributed by atoms with Crippen molar-refractivity contribution in [2.45, 2.75) is 32.4 Å². The molecule has 2 heterocycles. The lowest BCUT2D eigenvalue weighted by atomic mass is 9.90. The molecule has 0 aromatic carbocycles. The first-order valence-electron chi connectivity index (χ1n) is 6.36. The minimum atomic E-state index is 0.482. The summed E-state index contributed by atoms with van der Waals surface area (Å²) in [5.74, 6) is 0.679. The lowest BCUT2D eigenvalue weighted by Crippen LogP contribution is -2.48. The van der Waals surface area contributed by atoms with E-state index in [9.17, 15) is 0 Å². The summed E-state index contributed by atoms with van der Waals surface area (Å²) in [6.45, 7) is 5.03. The van der Waals surface area contributed by atoms with Crippen LogP contribution < -0.4 is 5.73 Å². The Bertz CT molecular complexity index is 411. The molecule has 3 nitrogen and oxygen atoms in total. The van der Waals surface area contributed by atoms with Gasteiger partial charge in [0.2, 0.25) is 0 Å². The van der Waals surface area contributed by atoms with Gasteiger partial charge in [0.1, 0.15) is 0 Å². The van der Waals surface area contributed by atoms with Crippen LogP contribution in [0.1, 0.15) is 25.5 Å². The Balaban J connectivity index is 2.11. The fourth-order valence-corrected chi connectivity index (χ4v) is 3.78. The summed E-state index contributed by atoms with van der Waals surface area (Å²) in [7, 11) is 0. The second kappa shape index (κ2) is 6.46. The Labute approximate surface area is 125 Å². The predicted octanol–water partition coefficient (Wildman–Crippen LogP) is 3.17. The zero-order chi connectivity index (χ0) is 13.1. The van der Waals surface area contributed by atoms with Crippen molar-refractivity contribution in [3.8, 4) is 0 Å². The molecule has 1 aliphatic rings. The zero-order valence-corrected chi connectivity index (χ0v) is 13.7. The first-order valence-corrected chi connectivity index (χ1v) is 7.94. The van der Waals surface area contributed by atoms with Crippen LogP contribution >= 0.6 is 31.9 Å². The standard InChI is InChI=1S/C13H19Br2N3/c1-9-3-2-4-18(13(9)6-16)8-12-11(15)5-10(14)7-17-12/h5,7,9,13H,2-4,6,8,16H2,1H3. The summed E-state index contributed by atoms with van der Waals surface area (Å²) < 4.78 is 2.06. The third-order valence-electron chi connectivity index (χ3n) is 3.71. The van der Waals surface area contributed by atoms with Crippen molar-refractivity contribution >= 4 is 31.9 Å². The Morgan fingerprint density at radius 2 is 2.28 bits per heavy atom. The molecule has 0 bridgehead atoms. The van der Waals surface area contributed by atoms with Crippen LogP contribution in [0.4, 0.5) is 0 Å². The summed E-state index contributed by atoms with van der Waals surface area (Å²) in [6.07, 6.45) is 4.39. The number of nitrogens with two attached hydrogens (primary N) is 1. The number of hydrogen-bond acceptors (Lipinski definition) is 3. The Hall–Kier alpha value is 0.0300.